The normalized spacial score (nSPS) is 18.9. The lowest BCUT2D eigenvalue weighted by Gasteiger charge is -2.24. The number of nitrogens with one attached hydrogen (secondary N) is 1. The van der Waals surface area contributed by atoms with Crippen LogP contribution in [0.2, 0.25) is 0 Å². The van der Waals surface area contributed by atoms with E-state index in [4.69, 9.17) is 9.47 Å². The van der Waals surface area contributed by atoms with Crippen LogP contribution in [0, 0.1) is 0 Å². The number of hydrogen-bond donors (Lipinski definition) is 1. The summed E-state index contributed by atoms with van der Waals surface area (Å²) in [6.45, 7) is 2.49. The third-order valence-corrected chi connectivity index (χ3v) is 2.86. The highest BCUT2D eigenvalue weighted by Gasteiger charge is 2.21. The van der Waals surface area contributed by atoms with E-state index in [1.807, 2.05) is 31.2 Å². The Morgan fingerprint density at radius 2 is 2.06 bits per heavy atom. The van der Waals surface area contributed by atoms with E-state index in [0.29, 0.717) is 13.0 Å². The van der Waals surface area contributed by atoms with Gasteiger partial charge in [-0.1, -0.05) is 12.1 Å². The SMILES string of the molecule is CCOC1=CC(=O)N[C@H](c2ccc(OC)cc2)C1. The molecule has 0 bridgehead atoms. The predicted molar refractivity (Wildman–Crippen MR) is 68.2 cm³/mol. The Bertz CT molecular complexity index is 451. The Balaban J connectivity index is 2.13. The van der Waals surface area contributed by atoms with E-state index >= 15 is 0 Å². The first kappa shape index (κ1) is 12.5. The fourth-order valence-corrected chi connectivity index (χ4v) is 1.99. The van der Waals surface area contributed by atoms with E-state index < -0.39 is 0 Å². The molecule has 0 saturated heterocycles. The molecule has 0 saturated carbocycles. The van der Waals surface area contributed by atoms with E-state index in [9.17, 15) is 4.79 Å². The van der Waals surface area contributed by atoms with Crippen LogP contribution >= 0.6 is 0 Å². The van der Waals surface area contributed by atoms with Gasteiger partial charge in [-0.2, -0.15) is 0 Å². The minimum absolute atomic E-state index is 0.0324. The summed E-state index contributed by atoms with van der Waals surface area (Å²) in [5, 5.41) is 2.92. The Kier molecular flexibility index (Phi) is 3.87. The zero-order valence-corrected chi connectivity index (χ0v) is 10.6. The van der Waals surface area contributed by atoms with E-state index in [2.05, 4.69) is 5.32 Å². The van der Waals surface area contributed by atoms with Gasteiger partial charge in [0.1, 0.15) is 11.5 Å². The maximum atomic E-state index is 11.6. The van der Waals surface area contributed by atoms with Crippen molar-refractivity contribution in [2.75, 3.05) is 13.7 Å². The van der Waals surface area contributed by atoms with Crippen LogP contribution in [-0.2, 0) is 9.53 Å². The molecule has 4 nitrogen and oxygen atoms in total. The second-order valence-corrected chi connectivity index (χ2v) is 4.08. The lowest BCUT2D eigenvalue weighted by atomic mass is 10.00. The number of amides is 1. The minimum Gasteiger partial charge on any atom is -0.498 e. The third-order valence-electron chi connectivity index (χ3n) is 2.86. The van der Waals surface area contributed by atoms with Gasteiger partial charge in [-0.15, -0.1) is 0 Å². The average molecular weight is 247 g/mol. The van der Waals surface area contributed by atoms with Gasteiger partial charge in [-0.3, -0.25) is 4.79 Å². The molecule has 1 aromatic carbocycles. The van der Waals surface area contributed by atoms with Gasteiger partial charge in [0.2, 0.25) is 5.91 Å². The van der Waals surface area contributed by atoms with Gasteiger partial charge in [0.15, 0.2) is 0 Å². The number of carbonyl (C=O) groups is 1. The molecule has 0 fully saturated rings. The van der Waals surface area contributed by atoms with Crippen LogP contribution in [0.3, 0.4) is 0 Å². The van der Waals surface area contributed by atoms with E-state index in [-0.39, 0.29) is 11.9 Å². The van der Waals surface area contributed by atoms with Crippen molar-refractivity contribution in [2.24, 2.45) is 0 Å². The first-order chi connectivity index (χ1) is 8.72. The molecule has 1 amide bonds. The van der Waals surface area contributed by atoms with Crippen molar-refractivity contribution in [1.29, 1.82) is 0 Å². The number of carbonyl (C=O) groups excluding carboxylic acids is 1. The van der Waals surface area contributed by atoms with Crippen molar-refractivity contribution in [3.63, 3.8) is 0 Å². The van der Waals surface area contributed by atoms with E-state index in [1.54, 1.807) is 7.11 Å². The molecule has 0 aromatic heterocycles. The fourth-order valence-electron chi connectivity index (χ4n) is 1.99. The molecule has 0 aliphatic carbocycles. The summed E-state index contributed by atoms with van der Waals surface area (Å²) in [5.41, 5.74) is 1.05. The monoisotopic (exact) mass is 247 g/mol. The summed E-state index contributed by atoms with van der Waals surface area (Å²) in [4.78, 5) is 11.6. The van der Waals surface area contributed by atoms with Crippen molar-refractivity contribution in [2.45, 2.75) is 19.4 Å². The molecule has 0 spiro atoms. The number of methoxy groups -OCH3 is 1. The molecule has 1 aromatic rings. The minimum atomic E-state index is -0.106. The van der Waals surface area contributed by atoms with Crippen molar-refractivity contribution in [1.82, 2.24) is 5.32 Å². The van der Waals surface area contributed by atoms with Crippen molar-refractivity contribution >= 4 is 5.91 Å². The predicted octanol–water partition coefficient (Wildman–Crippen LogP) is 2.18. The van der Waals surface area contributed by atoms with Crippen LogP contribution in [0.4, 0.5) is 0 Å². The summed E-state index contributed by atoms with van der Waals surface area (Å²) in [5.74, 6) is 1.44. The summed E-state index contributed by atoms with van der Waals surface area (Å²) in [6.07, 6.45) is 2.20. The molecule has 0 radical (unpaired) electrons. The van der Waals surface area contributed by atoms with Crippen molar-refractivity contribution < 1.29 is 14.3 Å². The molecule has 4 heteroatoms. The fraction of sp³-hybridized carbons (Fsp3) is 0.357. The van der Waals surface area contributed by atoms with E-state index in [1.165, 1.54) is 6.08 Å². The Morgan fingerprint density at radius 3 is 2.67 bits per heavy atom. The van der Waals surface area contributed by atoms with Gasteiger partial charge >= 0.3 is 0 Å². The van der Waals surface area contributed by atoms with Gasteiger partial charge in [0, 0.05) is 12.5 Å². The molecule has 1 N–H and O–H groups in total. The van der Waals surface area contributed by atoms with Crippen LogP contribution in [0.15, 0.2) is 36.1 Å². The van der Waals surface area contributed by atoms with Gasteiger partial charge in [-0.05, 0) is 24.6 Å². The highest BCUT2D eigenvalue weighted by atomic mass is 16.5. The molecular formula is C14H17NO3. The van der Waals surface area contributed by atoms with Crippen LogP contribution in [0.1, 0.15) is 24.9 Å². The number of hydrogen-bond acceptors (Lipinski definition) is 3. The topological polar surface area (TPSA) is 47.6 Å². The zero-order valence-electron chi connectivity index (χ0n) is 10.6. The number of benzene rings is 1. The second kappa shape index (κ2) is 5.58. The Hall–Kier alpha value is -1.97. The largest absolute Gasteiger partial charge is 0.498 e. The summed E-state index contributed by atoms with van der Waals surface area (Å²) in [6, 6.07) is 7.66. The third kappa shape index (κ3) is 2.83. The lowest BCUT2D eigenvalue weighted by Crippen LogP contribution is -2.31. The van der Waals surface area contributed by atoms with E-state index in [0.717, 1.165) is 17.1 Å². The average Bonchev–Trinajstić information content (AvgIpc) is 2.38. The molecule has 96 valence electrons. The molecule has 1 heterocycles. The standard InChI is InChI=1S/C14H17NO3/c1-3-18-12-8-13(15-14(16)9-12)10-4-6-11(17-2)7-5-10/h4-7,9,13H,3,8H2,1-2H3,(H,15,16)/t13-/m0/s1. The molecule has 1 aliphatic heterocycles. The lowest BCUT2D eigenvalue weighted by molar-refractivity contribution is -0.118. The maximum Gasteiger partial charge on any atom is 0.247 e. The van der Waals surface area contributed by atoms with Crippen LogP contribution < -0.4 is 10.1 Å². The van der Waals surface area contributed by atoms with Gasteiger partial charge < -0.3 is 14.8 Å². The first-order valence-corrected chi connectivity index (χ1v) is 6.00. The number of ether oxygens (including phenoxy) is 2. The maximum absolute atomic E-state index is 11.6. The quantitative estimate of drug-likeness (QED) is 0.887. The highest BCUT2D eigenvalue weighted by molar-refractivity contribution is 5.89. The molecule has 1 atom stereocenters. The Morgan fingerprint density at radius 1 is 1.33 bits per heavy atom. The smallest absolute Gasteiger partial charge is 0.247 e. The molecule has 1 aliphatic rings. The highest BCUT2D eigenvalue weighted by Crippen LogP contribution is 2.26. The molecular weight excluding hydrogens is 230 g/mol. The summed E-state index contributed by atoms with van der Waals surface area (Å²) >= 11 is 0. The van der Waals surface area contributed by atoms with Gasteiger partial charge in [0.05, 0.1) is 19.8 Å². The Labute approximate surface area is 107 Å². The van der Waals surface area contributed by atoms with Crippen molar-refractivity contribution in [3.05, 3.63) is 41.7 Å². The second-order valence-electron chi connectivity index (χ2n) is 4.08. The first-order valence-electron chi connectivity index (χ1n) is 6.00. The molecule has 0 unspecified atom stereocenters. The molecule has 18 heavy (non-hydrogen) atoms. The zero-order chi connectivity index (χ0) is 13.0. The van der Waals surface area contributed by atoms with Gasteiger partial charge in [-0.25, -0.2) is 0 Å². The van der Waals surface area contributed by atoms with Crippen LogP contribution in [-0.4, -0.2) is 19.6 Å². The van der Waals surface area contributed by atoms with Crippen molar-refractivity contribution in [3.8, 4) is 5.75 Å². The van der Waals surface area contributed by atoms with Gasteiger partial charge in [0.25, 0.3) is 0 Å². The number of rotatable bonds is 4. The van der Waals surface area contributed by atoms with Crippen LogP contribution in [0.5, 0.6) is 5.75 Å². The molecule has 2 rings (SSSR count). The summed E-state index contributed by atoms with van der Waals surface area (Å²) in [7, 11) is 1.63. The van der Waals surface area contributed by atoms with Crippen LogP contribution in [0.25, 0.3) is 0 Å². The summed E-state index contributed by atoms with van der Waals surface area (Å²) < 4.78 is 10.5.